The van der Waals surface area contributed by atoms with Crippen molar-refractivity contribution in [2.75, 3.05) is 13.6 Å². The molecule has 224 valence electrons. The predicted octanol–water partition coefficient (Wildman–Crippen LogP) is 5.26. The molecule has 1 aromatic carbocycles. The Morgan fingerprint density at radius 3 is 2.42 bits per heavy atom. The average molecular weight is 608 g/mol. The Morgan fingerprint density at radius 2 is 1.80 bits per heavy atom. The summed E-state index contributed by atoms with van der Waals surface area (Å²) in [4.78, 5) is 12.2. The number of esters is 1. The number of hydrogen-bond acceptors (Lipinski definition) is 7. The zero-order valence-electron chi connectivity index (χ0n) is 23.2. The molecule has 0 saturated heterocycles. The molecular weight excluding hydrogens is 571 g/mol. The molecule has 0 bridgehead atoms. The molecule has 0 amide bonds. The fourth-order valence-corrected chi connectivity index (χ4v) is 8.30. The van der Waals surface area contributed by atoms with Gasteiger partial charge in [0.2, 0.25) is 10.0 Å². The number of carbonyl (C=O) groups is 1. The van der Waals surface area contributed by atoms with E-state index in [1.165, 1.54) is 13.1 Å². The van der Waals surface area contributed by atoms with Crippen LogP contribution in [0.4, 0.5) is 13.2 Å². The van der Waals surface area contributed by atoms with Crippen LogP contribution in [0.1, 0.15) is 76.8 Å². The summed E-state index contributed by atoms with van der Waals surface area (Å²) in [6.07, 6.45) is 4.17. The van der Waals surface area contributed by atoms with Gasteiger partial charge in [-0.1, -0.05) is 13.0 Å². The number of allylic oxidation sites excluding steroid dienone is 2. The molecule has 4 rings (SSSR count). The Kier molecular flexibility index (Phi) is 7.94. The maximum Gasteiger partial charge on any atom is 0.534 e. The molecule has 3 aliphatic carbocycles. The lowest BCUT2D eigenvalue weighted by atomic mass is 9.55. The largest absolute Gasteiger partial charge is 0.534 e. The Balaban J connectivity index is 1.48. The van der Waals surface area contributed by atoms with Crippen LogP contribution >= 0.6 is 0 Å². The van der Waals surface area contributed by atoms with Gasteiger partial charge in [-0.25, -0.2) is 12.7 Å². The second-order valence-electron chi connectivity index (χ2n) is 12.2. The molecule has 0 spiro atoms. The van der Waals surface area contributed by atoms with E-state index in [0.717, 1.165) is 15.4 Å². The third-order valence-corrected chi connectivity index (χ3v) is 11.3. The van der Waals surface area contributed by atoms with Crippen LogP contribution in [0.25, 0.3) is 0 Å². The lowest BCUT2D eigenvalue weighted by molar-refractivity contribution is -0.154. The second kappa shape index (κ2) is 10.3. The maximum absolute atomic E-state index is 13.2. The molecule has 0 aliphatic heterocycles. The Morgan fingerprint density at radius 1 is 1.12 bits per heavy atom. The summed E-state index contributed by atoms with van der Waals surface area (Å²) in [6, 6.07) is 5.05. The zero-order valence-corrected chi connectivity index (χ0v) is 24.9. The van der Waals surface area contributed by atoms with Crippen LogP contribution in [-0.2, 0) is 40.3 Å². The summed E-state index contributed by atoms with van der Waals surface area (Å²) in [5.74, 6) is -0.525. The maximum atomic E-state index is 13.2. The van der Waals surface area contributed by atoms with Crippen LogP contribution < -0.4 is 0 Å². The minimum Gasteiger partial charge on any atom is -0.460 e. The molecule has 0 aromatic heterocycles. The smallest absolute Gasteiger partial charge is 0.460 e. The fraction of sp³-hybridized carbons (Fsp3) is 0.667. The van der Waals surface area contributed by atoms with Crippen molar-refractivity contribution in [1.29, 1.82) is 0 Å². The molecule has 8 nitrogen and oxygen atoms in total. The number of sulfonamides is 1. The lowest BCUT2D eigenvalue weighted by Crippen LogP contribution is -2.42. The number of fused-ring (bicyclic) bond motifs is 5. The second-order valence-corrected chi connectivity index (χ2v) is 15.8. The first kappa shape index (κ1) is 30.8. The predicted molar refractivity (Wildman–Crippen MR) is 141 cm³/mol. The first-order valence-electron chi connectivity index (χ1n) is 13.3. The van der Waals surface area contributed by atoms with Gasteiger partial charge in [-0.2, -0.15) is 21.6 Å². The van der Waals surface area contributed by atoms with Crippen molar-refractivity contribution in [3.05, 3.63) is 41.2 Å². The number of halogens is 3. The Labute approximate surface area is 234 Å². The summed E-state index contributed by atoms with van der Waals surface area (Å²) < 4.78 is 99.8. The Hall–Kier alpha value is -2.12. The van der Waals surface area contributed by atoms with Crippen molar-refractivity contribution in [1.82, 2.24) is 4.31 Å². The van der Waals surface area contributed by atoms with E-state index >= 15 is 0 Å². The summed E-state index contributed by atoms with van der Waals surface area (Å²) in [6.45, 7) is 6.97. The highest BCUT2D eigenvalue weighted by Gasteiger charge is 2.56. The van der Waals surface area contributed by atoms with Gasteiger partial charge in [0.05, 0.1) is 11.3 Å². The van der Waals surface area contributed by atoms with E-state index in [2.05, 4.69) is 4.18 Å². The number of alkyl halides is 3. The highest BCUT2D eigenvalue weighted by Crippen LogP contribution is 2.61. The Bertz CT molecular complexity index is 1410. The average Bonchev–Trinajstić information content (AvgIpc) is 3.15. The number of benzene rings is 1. The van der Waals surface area contributed by atoms with E-state index in [1.54, 1.807) is 39.8 Å². The van der Waals surface area contributed by atoms with Gasteiger partial charge >= 0.3 is 21.6 Å². The zero-order chi connectivity index (χ0) is 29.9. The standard InChI is InChI=1S/C27H36F3NO7S2/c1-25(2,3)37-24(32)13-15-31(5)39(33,34)18-7-9-19-17(16-18)6-8-21-20(19)12-14-26(4)22(21)10-11-23(26)38-40(35,36)27(28,29)30/h7,9,11,16,20-22H,6,8,10,12-15H2,1-5H3/t20?,21?,22?,26-/m0/s1. The van der Waals surface area contributed by atoms with Gasteiger partial charge in [-0.3, -0.25) is 4.79 Å². The van der Waals surface area contributed by atoms with Gasteiger partial charge in [0.1, 0.15) is 11.4 Å². The van der Waals surface area contributed by atoms with Gasteiger partial charge in [-0.15, -0.1) is 0 Å². The van der Waals surface area contributed by atoms with Crippen LogP contribution in [0.2, 0.25) is 0 Å². The van der Waals surface area contributed by atoms with Crippen LogP contribution in [-0.4, -0.2) is 51.8 Å². The third-order valence-electron chi connectivity index (χ3n) is 8.45. The van der Waals surface area contributed by atoms with Crippen molar-refractivity contribution in [3.63, 3.8) is 0 Å². The molecule has 4 atom stereocenters. The van der Waals surface area contributed by atoms with Crippen molar-refractivity contribution < 1.29 is 43.7 Å². The third kappa shape index (κ3) is 5.78. The van der Waals surface area contributed by atoms with Crippen LogP contribution in [0.15, 0.2) is 34.9 Å². The van der Waals surface area contributed by atoms with Crippen molar-refractivity contribution in [2.24, 2.45) is 17.3 Å². The van der Waals surface area contributed by atoms with E-state index in [4.69, 9.17) is 4.74 Å². The lowest BCUT2D eigenvalue weighted by Gasteiger charge is -2.49. The summed E-state index contributed by atoms with van der Waals surface area (Å²) in [7, 11) is -8.18. The van der Waals surface area contributed by atoms with Crippen molar-refractivity contribution >= 4 is 26.1 Å². The molecule has 3 unspecified atom stereocenters. The van der Waals surface area contributed by atoms with E-state index in [9.17, 15) is 34.8 Å². The molecule has 1 saturated carbocycles. The molecule has 40 heavy (non-hydrogen) atoms. The van der Waals surface area contributed by atoms with Gasteiger partial charge in [0.25, 0.3) is 0 Å². The molecular formula is C27H36F3NO7S2. The molecule has 1 aromatic rings. The van der Waals surface area contributed by atoms with Crippen LogP contribution in [0.5, 0.6) is 0 Å². The first-order valence-corrected chi connectivity index (χ1v) is 16.1. The van der Waals surface area contributed by atoms with Gasteiger partial charge in [0.15, 0.2) is 0 Å². The number of ether oxygens (including phenoxy) is 1. The van der Waals surface area contributed by atoms with E-state index in [0.29, 0.717) is 32.1 Å². The van der Waals surface area contributed by atoms with Crippen molar-refractivity contribution in [2.45, 2.75) is 88.1 Å². The normalized spacial score (nSPS) is 26.9. The van der Waals surface area contributed by atoms with Gasteiger partial charge in [0, 0.05) is 19.0 Å². The molecule has 0 heterocycles. The van der Waals surface area contributed by atoms with Gasteiger partial charge < -0.3 is 8.92 Å². The highest BCUT2D eigenvalue weighted by molar-refractivity contribution is 7.89. The summed E-state index contributed by atoms with van der Waals surface area (Å²) in [5.41, 5.74) is -5.05. The van der Waals surface area contributed by atoms with Crippen LogP contribution in [0, 0.1) is 17.3 Å². The SMILES string of the molecule is CN(CCC(=O)OC(C)(C)C)S(=O)(=O)c1ccc2c(c1)CCC1C2CC[C@]2(C)C(OS(=O)(=O)C(F)(F)F)=CCC12. The first-order chi connectivity index (χ1) is 18.3. The minimum atomic E-state index is -5.75. The monoisotopic (exact) mass is 607 g/mol. The van der Waals surface area contributed by atoms with E-state index < -0.39 is 42.6 Å². The minimum absolute atomic E-state index is 0.0270. The summed E-state index contributed by atoms with van der Waals surface area (Å²) in [5, 5.41) is 0. The summed E-state index contributed by atoms with van der Waals surface area (Å²) >= 11 is 0. The topological polar surface area (TPSA) is 107 Å². The quantitative estimate of drug-likeness (QED) is 0.237. The number of carbonyl (C=O) groups excluding carboxylic acids is 1. The highest BCUT2D eigenvalue weighted by atomic mass is 32.2. The fourth-order valence-electron chi connectivity index (χ4n) is 6.48. The molecule has 0 N–H and O–H groups in total. The number of nitrogens with zero attached hydrogens (tertiary/aromatic N) is 1. The van der Waals surface area contributed by atoms with Crippen molar-refractivity contribution in [3.8, 4) is 0 Å². The molecule has 0 radical (unpaired) electrons. The number of hydrogen-bond donors (Lipinski definition) is 0. The molecule has 13 heteroatoms. The molecule has 1 fully saturated rings. The van der Waals surface area contributed by atoms with Crippen LogP contribution in [0.3, 0.4) is 0 Å². The van der Waals surface area contributed by atoms with Gasteiger partial charge in [-0.05, 0) is 100.0 Å². The van der Waals surface area contributed by atoms with E-state index in [1.807, 2.05) is 6.07 Å². The number of aryl methyl sites for hydroxylation is 1. The number of rotatable bonds is 7. The molecule has 3 aliphatic rings. The van der Waals surface area contributed by atoms with E-state index in [-0.39, 0.29) is 41.4 Å².